The fraction of sp³-hybridized carbons (Fsp3) is 0.267. The van der Waals surface area contributed by atoms with Crippen LogP contribution in [-0.2, 0) is 13.0 Å². The Balaban J connectivity index is 1.96. The number of nitrogens with two attached hydrogens (primary N) is 1. The van der Waals surface area contributed by atoms with Crippen LogP contribution in [0.5, 0.6) is 0 Å². The summed E-state index contributed by atoms with van der Waals surface area (Å²) >= 11 is 0. The third kappa shape index (κ3) is 1.97. The summed E-state index contributed by atoms with van der Waals surface area (Å²) in [5.41, 5.74) is 8.72. The van der Waals surface area contributed by atoms with Crippen LogP contribution in [0.15, 0.2) is 48.7 Å². The molecule has 3 heteroatoms. The van der Waals surface area contributed by atoms with Gasteiger partial charge in [0.25, 0.3) is 0 Å². The van der Waals surface area contributed by atoms with Crippen LogP contribution in [0, 0.1) is 0 Å². The average Bonchev–Trinajstić information content (AvgIpc) is 2.46. The van der Waals surface area contributed by atoms with E-state index in [-0.39, 0.29) is 0 Å². The number of hydrogen-bond acceptors (Lipinski definition) is 3. The van der Waals surface area contributed by atoms with E-state index in [9.17, 15) is 0 Å². The zero-order chi connectivity index (χ0) is 12.4. The minimum Gasteiger partial charge on any atom is -0.348 e. The summed E-state index contributed by atoms with van der Waals surface area (Å²) in [6, 6.07) is 15.0. The highest BCUT2D eigenvalue weighted by molar-refractivity contribution is 5.45. The van der Waals surface area contributed by atoms with Crippen molar-refractivity contribution in [3.8, 4) is 0 Å². The number of benzene rings is 1. The number of nitrogens with zero attached hydrogens (tertiary/aromatic N) is 2. The lowest BCUT2D eigenvalue weighted by molar-refractivity contribution is 0.556. The molecule has 1 unspecified atom stereocenters. The van der Waals surface area contributed by atoms with E-state index in [1.54, 1.807) is 0 Å². The lowest BCUT2D eigenvalue weighted by Crippen LogP contribution is -2.45. The van der Waals surface area contributed by atoms with Crippen molar-refractivity contribution >= 4 is 5.82 Å². The van der Waals surface area contributed by atoms with Gasteiger partial charge in [0, 0.05) is 25.3 Å². The summed E-state index contributed by atoms with van der Waals surface area (Å²) in [4.78, 5) is 6.75. The topological polar surface area (TPSA) is 42.1 Å². The molecule has 1 atom stereocenters. The van der Waals surface area contributed by atoms with Gasteiger partial charge >= 0.3 is 0 Å². The van der Waals surface area contributed by atoms with Crippen molar-refractivity contribution in [3.05, 3.63) is 59.8 Å². The van der Waals surface area contributed by atoms with Gasteiger partial charge in [0.05, 0.1) is 0 Å². The molecule has 92 valence electrons. The molecule has 18 heavy (non-hydrogen) atoms. The Morgan fingerprint density at radius 2 is 1.89 bits per heavy atom. The molecule has 0 spiro atoms. The van der Waals surface area contributed by atoms with Crippen molar-refractivity contribution in [2.24, 2.45) is 5.73 Å². The van der Waals surface area contributed by atoms with Crippen molar-refractivity contribution in [1.29, 1.82) is 0 Å². The van der Waals surface area contributed by atoms with Gasteiger partial charge in [0.15, 0.2) is 0 Å². The van der Waals surface area contributed by atoms with Gasteiger partial charge in [-0.1, -0.05) is 30.3 Å². The van der Waals surface area contributed by atoms with Gasteiger partial charge in [-0.25, -0.2) is 4.98 Å². The van der Waals surface area contributed by atoms with Gasteiger partial charge in [0.2, 0.25) is 0 Å². The van der Waals surface area contributed by atoms with Crippen molar-refractivity contribution in [2.45, 2.75) is 19.0 Å². The van der Waals surface area contributed by atoms with Gasteiger partial charge in [-0.15, -0.1) is 0 Å². The second-order valence-electron chi connectivity index (χ2n) is 4.68. The molecular formula is C15H17N3. The summed E-state index contributed by atoms with van der Waals surface area (Å²) in [6.45, 7) is 1.56. The average molecular weight is 239 g/mol. The fourth-order valence-corrected chi connectivity index (χ4v) is 2.59. The summed E-state index contributed by atoms with van der Waals surface area (Å²) in [5.74, 6) is 1.02. The molecule has 0 saturated heterocycles. The molecule has 3 nitrogen and oxygen atoms in total. The Morgan fingerprint density at radius 1 is 1.11 bits per heavy atom. The van der Waals surface area contributed by atoms with Crippen molar-refractivity contribution in [1.82, 2.24) is 4.98 Å². The normalized spacial score (nSPS) is 18.5. The summed E-state index contributed by atoms with van der Waals surface area (Å²) < 4.78 is 0. The Labute approximate surface area is 107 Å². The van der Waals surface area contributed by atoms with Gasteiger partial charge < -0.3 is 10.6 Å². The minimum atomic E-state index is 0.342. The lowest BCUT2D eigenvalue weighted by atomic mass is 9.94. The number of fused-ring (bicyclic) bond motifs is 1. The van der Waals surface area contributed by atoms with E-state index in [1.807, 2.05) is 18.3 Å². The number of anilines is 1. The Kier molecular flexibility index (Phi) is 2.99. The molecule has 0 radical (unpaired) electrons. The molecule has 1 aliphatic rings. The first-order valence-electron chi connectivity index (χ1n) is 6.33. The standard InChI is InChI=1S/C15H17N3/c16-10-14-9-12-5-1-2-6-13(12)11-18(14)15-7-3-4-8-17-15/h1-8,14H,9-11,16H2. The molecule has 2 N–H and O–H groups in total. The Morgan fingerprint density at radius 3 is 2.61 bits per heavy atom. The Hall–Kier alpha value is -1.87. The molecule has 0 saturated carbocycles. The Bertz CT molecular complexity index is 524. The number of pyridine rings is 1. The maximum atomic E-state index is 5.92. The lowest BCUT2D eigenvalue weighted by Gasteiger charge is -2.37. The van der Waals surface area contributed by atoms with Crippen LogP contribution in [0.2, 0.25) is 0 Å². The molecule has 0 aliphatic carbocycles. The molecule has 0 fully saturated rings. The summed E-state index contributed by atoms with van der Waals surface area (Å²) in [7, 11) is 0. The van der Waals surface area contributed by atoms with Gasteiger partial charge in [-0.05, 0) is 29.7 Å². The van der Waals surface area contributed by atoms with Crippen LogP contribution in [0.25, 0.3) is 0 Å². The van der Waals surface area contributed by atoms with Crippen LogP contribution >= 0.6 is 0 Å². The molecule has 1 aromatic heterocycles. The maximum absolute atomic E-state index is 5.92. The van der Waals surface area contributed by atoms with Crippen molar-refractivity contribution in [2.75, 3.05) is 11.4 Å². The van der Waals surface area contributed by atoms with E-state index in [4.69, 9.17) is 5.73 Å². The predicted octanol–water partition coefficient (Wildman–Crippen LogP) is 1.97. The largest absolute Gasteiger partial charge is 0.348 e. The SMILES string of the molecule is NCC1Cc2ccccc2CN1c1ccccn1. The zero-order valence-electron chi connectivity index (χ0n) is 10.3. The first-order chi connectivity index (χ1) is 8.88. The highest BCUT2D eigenvalue weighted by atomic mass is 15.2. The molecule has 2 aromatic rings. The molecule has 1 aliphatic heterocycles. The second kappa shape index (κ2) is 4.78. The number of aromatic nitrogens is 1. The maximum Gasteiger partial charge on any atom is 0.129 e. The molecule has 3 rings (SSSR count). The quantitative estimate of drug-likeness (QED) is 0.871. The molecule has 1 aromatic carbocycles. The third-order valence-corrected chi connectivity index (χ3v) is 3.57. The van der Waals surface area contributed by atoms with Crippen LogP contribution < -0.4 is 10.6 Å². The van der Waals surface area contributed by atoms with Gasteiger partial charge in [-0.2, -0.15) is 0 Å². The first-order valence-corrected chi connectivity index (χ1v) is 6.33. The van der Waals surface area contributed by atoms with E-state index >= 15 is 0 Å². The smallest absolute Gasteiger partial charge is 0.129 e. The van der Waals surface area contributed by atoms with Crippen molar-refractivity contribution < 1.29 is 0 Å². The van der Waals surface area contributed by atoms with E-state index in [1.165, 1.54) is 11.1 Å². The first kappa shape index (κ1) is 11.2. The molecule has 2 heterocycles. The van der Waals surface area contributed by atoms with Crippen LogP contribution in [0.3, 0.4) is 0 Å². The summed E-state index contributed by atoms with van der Waals surface area (Å²) in [5, 5.41) is 0. The predicted molar refractivity (Wildman–Crippen MR) is 73.4 cm³/mol. The van der Waals surface area contributed by atoms with Crippen LogP contribution in [0.4, 0.5) is 5.82 Å². The van der Waals surface area contributed by atoms with E-state index in [2.05, 4.69) is 40.2 Å². The van der Waals surface area contributed by atoms with Crippen LogP contribution in [-0.4, -0.2) is 17.6 Å². The molecule has 0 bridgehead atoms. The number of rotatable bonds is 2. The highest BCUT2D eigenvalue weighted by Gasteiger charge is 2.25. The second-order valence-corrected chi connectivity index (χ2v) is 4.68. The highest BCUT2D eigenvalue weighted by Crippen LogP contribution is 2.26. The third-order valence-electron chi connectivity index (χ3n) is 3.57. The van der Waals surface area contributed by atoms with Gasteiger partial charge in [-0.3, -0.25) is 0 Å². The van der Waals surface area contributed by atoms with Crippen molar-refractivity contribution in [3.63, 3.8) is 0 Å². The monoisotopic (exact) mass is 239 g/mol. The van der Waals surface area contributed by atoms with E-state index in [0.29, 0.717) is 12.6 Å². The van der Waals surface area contributed by atoms with Gasteiger partial charge in [0.1, 0.15) is 5.82 Å². The minimum absolute atomic E-state index is 0.342. The molecular weight excluding hydrogens is 222 g/mol. The van der Waals surface area contributed by atoms with E-state index in [0.717, 1.165) is 18.8 Å². The number of hydrogen-bond donors (Lipinski definition) is 1. The van der Waals surface area contributed by atoms with E-state index < -0.39 is 0 Å². The molecule has 0 amide bonds. The summed E-state index contributed by atoms with van der Waals surface area (Å²) in [6.07, 6.45) is 2.84. The zero-order valence-corrected chi connectivity index (χ0v) is 10.3. The van der Waals surface area contributed by atoms with Crippen LogP contribution in [0.1, 0.15) is 11.1 Å². The fourth-order valence-electron chi connectivity index (χ4n) is 2.59.